The fourth-order valence-corrected chi connectivity index (χ4v) is 4.47. The monoisotopic (exact) mass is 439 g/mol. The Labute approximate surface area is 181 Å². The lowest BCUT2D eigenvalue weighted by Crippen LogP contribution is -2.70. The van der Waals surface area contributed by atoms with Crippen LogP contribution in [0.1, 0.15) is 15.9 Å². The predicted molar refractivity (Wildman–Crippen MR) is 112 cm³/mol. The fourth-order valence-electron chi connectivity index (χ4n) is 3.28. The number of carbonyl (C=O) groups excluding carboxylic acids is 3. The van der Waals surface area contributed by atoms with Crippen LogP contribution in [0.4, 0.5) is 5.69 Å². The molecule has 0 radical (unpaired) electrons. The smallest absolute Gasteiger partial charge is 0.355 e. The van der Waals surface area contributed by atoms with Crippen LogP contribution >= 0.6 is 11.8 Å². The van der Waals surface area contributed by atoms with Crippen molar-refractivity contribution in [1.29, 1.82) is 0 Å². The van der Waals surface area contributed by atoms with E-state index in [1.54, 1.807) is 36.4 Å². The first kappa shape index (κ1) is 20.6. The zero-order valence-corrected chi connectivity index (χ0v) is 16.9. The van der Waals surface area contributed by atoms with E-state index in [1.165, 1.54) is 40.9 Å². The first-order valence-electron chi connectivity index (χ1n) is 9.37. The number of nitrogens with one attached hydrogen (secondary N) is 1. The lowest BCUT2D eigenvalue weighted by molar-refractivity contribution is -0.384. The number of nitro benzene ring substituents is 1. The molecule has 1 fully saturated rings. The van der Waals surface area contributed by atoms with Gasteiger partial charge in [-0.15, -0.1) is 11.8 Å². The summed E-state index contributed by atoms with van der Waals surface area (Å²) in [6, 6.07) is 13.5. The Kier molecular flexibility index (Phi) is 5.72. The largest absolute Gasteiger partial charge is 0.456 e. The molecule has 0 aliphatic carbocycles. The number of rotatable bonds is 6. The van der Waals surface area contributed by atoms with Crippen LogP contribution in [0.25, 0.3) is 0 Å². The van der Waals surface area contributed by atoms with Crippen molar-refractivity contribution < 1.29 is 24.0 Å². The van der Waals surface area contributed by atoms with E-state index in [4.69, 9.17) is 4.74 Å². The number of benzene rings is 2. The Balaban J connectivity index is 1.36. The lowest BCUT2D eigenvalue weighted by Gasteiger charge is -2.48. The van der Waals surface area contributed by atoms with Crippen molar-refractivity contribution >= 4 is 35.2 Å². The third-order valence-electron chi connectivity index (χ3n) is 4.90. The van der Waals surface area contributed by atoms with Crippen molar-refractivity contribution in [2.45, 2.75) is 18.0 Å². The van der Waals surface area contributed by atoms with Gasteiger partial charge in [0.25, 0.3) is 17.5 Å². The number of nitro groups is 1. The molecule has 0 bridgehead atoms. The summed E-state index contributed by atoms with van der Waals surface area (Å²) in [4.78, 5) is 49.1. The first-order valence-corrected chi connectivity index (χ1v) is 10.4. The van der Waals surface area contributed by atoms with Crippen LogP contribution in [0.5, 0.6) is 0 Å². The molecule has 2 atom stereocenters. The Morgan fingerprint density at radius 3 is 2.55 bits per heavy atom. The molecule has 1 N–H and O–H groups in total. The third kappa shape index (κ3) is 4.15. The molecule has 0 saturated carbocycles. The van der Waals surface area contributed by atoms with Crippen molar-refractivity contribution in [3.8, 4) is 0 Å². The Hall–Kier alpha value is -3.66. The van der Waals surface area contributed by atoms with Gasteiger partial charge >= 0.3 is 5.97 Å². The maximum atomic E-state index is 12.6. The number of non-ortho nitro benzene ring substituents is 1. The molecule has 9 nitrogen and oxygen atoms in total. The molecule has 0 spiro atoms. The lowest BCUT2D eigenvalue weighted by atomic mass is 10.0. The van der Waals surface area contributed by atoms with Gasteiger partial charge < -0.3 is 10.1 Å². The van der Waals surface area contributed by atoms with E-state index in [9.17, 15) is 24.5 Å². The van der Waals surface area contributed by atoms with E-state index in [2.05, 4.69) is 5.32 Å². The Bertz CT molecular complexity index is 1070. The van der Waals surface area contributed by atoms with Gasteiger partial charge in [0.1, 0.15) is 23.7 Å². The second-order valence-corrected chi connectivity index (χ2v) is 7.99. The van der Waals surface area contributed by atoms with Crippen molar-refractivity contribution in [1.82, 2.24) is 10.2 Å². The number of nitrogens with zero attached hydrogens (tertiary/aromatic N) is 2. The highest BCUT2D eigenvalue weighted by molar-refractivity contribution is 8.00. The van der Waals surface area contributed by atoms with Crippen LogP contribution in [0.15, 0.2) is 66.4 Å². The molecule has 2 aliphatic rings. The van der Waals surface area contributed by atoms with Gasteiger partial charge in [0.05, 0.1) is 4.92 Å². The molecule has 4 rings (SSSR count). The molecule has 1 unspecified atom stereocenters. The summed E-state index contributed by atoms with van der Waals surface area (Å²) in [5.74, 6) is -0.894. The number of thioether (sulfide) groups is 1. The summed E-state index contributed by atoms with van der Waals surface area (Å²) in [6.07, 6.45) is 1.62. The Morgan fingerprint density at radius 2 is 1.87 bits per heavy atom. The number of amides is 2. The molecule has 1 saturated heterocycles. The molecule has 2 aliphatic heterocycles. The summed E-state index contributed by atoms with van der Waals surface area (Å²) in [7, 11) is 0. The predicted octanol–water partition coefficient (Wildman–Crippen LogP) is 2.24. The number of β-lactam (4-membered cyclic amide) rings is 1. The number of hydrogen-bond acceptors (Lipinski definition) is 7. The van der Waals surface area contributed by atoms with Crippen LogP contribution in [0.2, 0.25) is 0 Å². The van der Waals surface area contributed by atoms with Crippen molar-refractivity contribution in [2.24, 2.45) is 0 Å². The molecule has 2 amide bonds. The van der Waals surface area contributed by atoms with E-state index in [0.29, 0.717) is 16.9 Å². The van der Waals surface area contributed by atoms with Gasteiger partial charge in [-0.1, -0.05) is 18.2 Å². The first-order chi connectivity index (χ1) is 15.0. The van der Waals surface area contributed by atoms with Gasteiger partial charge in [-0.3, -0.25) is 24.6 Å². The van der Waals surface area contributed by atoms with Crippen molar-refractivity contribution in [3.05, 3.63) is 87.6 Å². The molecular formula is C21H17N3O6S. The van der Waals surface area contributed by atoms with Crippen molar-refractivity contribution in [3.63, 3.8) is 0 Å². The molecule has 0 aromatic heterocycles. The summed E-state index contributed by atoms with van der Waals surface area (Å²) in [6.45, 7) is -0.0812. The second-order valence-electron chi connectivity index (χ2n) is 6.84. The zero-order valence-electron chi connectivity index (χ0n) is 16.1. The number of esters is 1. The summed E-state index contributed by atoms with van der Waals surface area (Å²) in [5.41, 5.74) is 1.12. The summed E-state index contributed by atoms with van der Waals surface area (Å²) < 4.78 is 5.29. The zero-order chi connectivity index (χ0) is 22.0. The molecule has 31 heavy (non-hydrogen) atoms. The van der Waals surface area contributed by atoms with Crippen LogP contribution in [0.3, 0.4) is 0 Å². The maximum absolute atomic E-state index is 12.6. The third-order valence-corrected chi connectivity index (χ3v) is 6.08. The molecular weight excluding hydrogens is 422 g/mol. The molecule has 158 valence electrons. The minimum atomic E-state index is -0.719. The van der Waals surface area contributed by atoms with Gasteiger partial charge in [-0.2, -0.15) is 0 Å². The van der Waals surface area contributed by atoms with Gasteiger partial charge in [-0.25, -0.2) is 4.79 Å². The highest BCUT2D eigenvalue weighted by atomic mass is 32.2. The van der Waals surface area contributed by atoms with Gasteiger partial charge in [0.15, 0.2) is 0 Å². The van der Waals surface area contributed by atoms with Gasteiger partial charge in [0, 0.05) is 23.4 Å². The summed E-state index contributed by atoms with van der Waals surface area (Å²) in [5, 5.41) is 13.1. The van der Waals surface area contributed by atoms with Crippen LogP contribution < -0.4 is 5.32 Å². The number of ether oxygens (including phenoxy) is 1. The molecule has 10 heteroatoms. The van der Waals surface area contributed by atoms with Crippen molar-refractivity contribution in [2.75, 3.05) is 5.75 Å². The van der Waals surface area contributed by atoms with E-state index in [1.807, 2.05) is 0 Å². The minimum Gasteiger partial charge on any atom is -0.456 e. The molecule has 2 aromatic carbocycles. The number of fused-ring (bicyclic) bond motifs is 1. The summed E-state index contributed by atoms with van der Waals surface area (Å²) >= 11 is 1.44. The standard InChI is InChI=1S/C21H17N3O6S/c25-18(14-4-2-1-3-5-14)22-17-19(26)23-16(10-11-31-20(17)23)21(27)30-12-13-6-8-15(9-7-13)24(28)29/h1-10,17,20H,11-12H2,(H,22,25)/t17?,20-/m0/s1. The van der Waals surface area contributed by atoms with E-state index in [-0.39, 0.29) is 35.2 Å². The number of carbonyl (C=O) groups is 3. The number of hydrogen-bond donors (Lipinski definition) is 1. The van der Waals surface area contributed by atoms with Crippen LogP contribution in [0, 0.1) is 10.1 Å². The van der Waals surface area contributed by atoms with Crippen LogP contribution in [-0.4, -0.2) is 44.8 Å². The fraction of sp³-hybridized carbons (Fsp3) is 0.190. The highest BCUT2D eigenvalue weighted by Gasteiger charge is 2.53. The Morgan fingerprint density at radius 1 is 1.16 bits per heavy atom. The van der Waals surface area contributed by atoms with E-state index >= 15 is 0 Å². The average molecular weight is 439 g/mol. The van der Waals surface area contributed by atoms with E-state index in [0.717, 1.165) is 0 Å². The van der Waals surface area contributed by atoms with Gasteiger partial charge in [-0.05, 0) is 35.9 Å². The van der Waals surface area contributed by atoms with Gasteiger partial charge in [0.2, 0.25) is 0 Å². The topological polar surface area (TPSA) is 119 Å². The normalized spacial score (nSPS) is 19.5. The van der Waals surface area contributed by atoms with E-state index < -0.39 is 16.9 Å². The quantitative estimate of drug-likeness (QED) is 0.317. The molecule has 2 heterocycles. The SMILES string of the molecule is O=C(OCc1ccc([N+](=O)[O-])cc1)C1=CCS[C@H]2C(NC(=O)c3ccccc3)C(=O)N12. The average Bonchev–Trinajstić information content (AvgIpc) is 2.80. The second kappa shape index (κ2) is 8.60. The maximum Gasteiger partial charge on any atom is 0.355 e. The minimum absolute atomic E-state index is 0.0558. The molecule has 2 aromatic rings. The highest BCUT2D eigenvalue weighted by Crippen LogP contribution is 2.38. The van der Waals surface area contributed by atoms with Crippen LogP contribution in [-0.2, 0) is 20.9 Å².